The van der Waals surface area contributed by atoms with E-state index in [1.54, 1.807) is 0 Å². The number of unbranched alkanes of at least 4 members (excludes halogenated alkanes) is 2. The summed E-state index contributed by atoms with van der Waals surface area (Å²) in [5, 5.41) is 0.347. The van der Waals surface area contributed by atoms with E-state index in [0.717, 1.165) is 49.0 Å². The smallest absolute Gasteiger partial charge is 0.374 e. The maximum Gasteiger partial charge on any atom is 0.500 e. The Hall–Kier alpha value is 0.467. The van der Waals surface area contributed by atoms with Crippen molar-refractivity contribution in [3.05, 3.63) is 0 Å². The molecule has 144 valence electrons. The summed E-state index contributed by atoms with van der Waals surface area (Å²) in [6, 6.07) is 0.874. The Kier molecular flexibility index (Phi) is 17.2. The molecule has 24 heavy (non-hydrogen) atoms. The van der Waals surface area contributed by atoms with Gasteiger partial charge in [-0.05, 0) is 39.4 Å². The van der Waals surface area contributed by atoms with Crippen molar-refractivity contribution in [1.29, 1.82) is 0 Å². The van der Waals surface area contributed by atoms with E-state index in [9.17, 15) is 4.79 Å². The zero-order chi connectivity index (χ0) is 18.1. The Bertz CT molecular complexity index is 289. The summed E-state index contributed by atoms with van der Waals surface area (Å²) >= 11 is 3.39. The summed E-state index contributed by atoms with van der Waals surface area (Å²) in [4.78, 5) is 11.7. The number of carbonyl (C=O) groups excluding carboxylic acids is 1. The highest BCUT2D eigenvalue weighted by Crippen LogP contribution is 2.20. The molecule has 0 aromatic rings. The molecule has 0 spiro atoms. The highest BCUT2D eigenvalue weighted by molar-refractivity contribution is 8.14. The maximum atomic E-state index is 11.7. The first kappa shape index (κ1) is 24.5. The molecule has 0 atom stereocenters. The van der Waals surface area contributed by atoms with Gasteiger partial charge in [-0.2, -0.15) is 11.8 Å². The molecule has 0 saturated carbocycles. The van der Waals surface area contributed by atoms with E-state index in [-0.39, 0.29) is 0 Å². The zero-order valence-corrected chi connectivity index (χ0v) is 18.6. The summed E-state index contributed by atoms with van der Waals surface area (Å²) in [6.07, 6.45) is 5.13. The SMILES string of the molecule is CCCCCC(=O)SCCSCCC[Si](OCC)(OCC)OCC. The van der Waals surface area contributed by atoms with Crippen LogP contribution in [0.5, 0.6) is 0 Å². The lowest BCUT2D eigenvalue weighted by Gasteiger charge is -2.28. The number of hydrogen-bond acceptors (Lipinski definition) is 6. The normalized spacial score (nSPS) is 11.8. The average molecular weight is 397 g/mol. The number of hydrogen-bond donors (Lipinski definition) is 0. The predicted molar refractivity (Wildman–Crippen MR) is 109 cm³/mol. The number of rotatable bonds is 17. The number of carbonyl (C=O) groups is 1. The topological polar surface area (TPSA) is 44.8 Å². The molecular weight excluding hydrogens is 360 g/mol. The lowest BCUT2D eigenvalue weighted by atomic mass is 10.2. The largest absolute Gasteiger partial charge is 0.500 e. The summed E-state index contributed by atoms with van der Waals surface area (Å²) in [7, 11) is -2.47. The van der Waals surface area contributed by atoms with Crippen LogP contribution in [-0.4, -0.2) is 51.0 Å². The van der Waals surface area contributed by atoms with Crippen LogP contribution < -0.4 is 0 Å². The monoisotopic (exact) mass is 396 g/mol. The molecule has 0 rings (SSSR count). The number of thioether (sulfide) groups is 2. The van der Waals surface area contributed by atoms with E-state index in [2.05, 4.69) is 6.92 Å². The van der Waals surface area contributed by atoms with E-state index in [1.165, 1.54) is 18.2 Å². The minimum absolute atomic E-state index is 0.347. The zero-order valence-electron chi connectivity index (χ0n) is 15.9. The predicted octanol–water partition coefficient (Wildman–Crippen LogP) is 5.00. The van der Waals surface area contributed by atoms with Gasteiger partial charge in [0.15, 0.2) is 5.12 Å². The van der Waals surface area contributed by atoms with Crippen molar-refractivity contribution < 1.29 is 18.1 Å². The van der Waals surface area contributed by atoms with Gasteiger partial charge in [0, 0.05) is 43.8 Å². The molecule has 0 saturated heterocycles. The van der Waals surface area contributed by atoms with E-state index in [1.807, 2.05) is 32.5 Å². The van der Waals surface area contributed by atoms with Crippen molar-refractivity contribution in [3.63, 3.8) is 0 Å². The Morgan fingerprint density at radius 3 is 2.00 bits per heavy atom. The molecule has 4 nitrogen and oxygen atoms in total. The molecule has 0 bridgehead atoms. The van der Waals surface area contributed by atoms with E-state index < -0.39 is 8.80 Å². The molecule has 0 N–H and O–H groups in total. The molecule has 0 unspecified atom stereocenters. The first-order valence-electron chi connectivity index (χ1n) is 9.29. The van der Waals surface area contributed by atoms with E-state index in [0.29, 0.717) is 24.9 Å². The van der Waals surface area contributed by atoms with Gasteiger partial charge in [0.1, 0.15) is 0 Å². The van der Waals surface area contributed by atoms with Crippen molar-refractivity contribution in [2.24, 2.45) is 0 Å². The first-order chi connectivity index (χ1) is 11.6. The van der Waals surface area contributed by atoms with Crippen LogP contribution in [0.15, 0.2) is 0 Å². The van der Waals surface area contributed by atoms with Gasteiger partial charge >= 0.3 is 8.80 Å². The summed E-state index contributed by atoms with van der Waals surface area (Å²) in [5.74, 6) is 3.00. The maximum absolute atomic E-state index is 11.7. The van der Waals surface area contributed by atoms with Gasteiger partial charge in [-0.3, -0.25) is 4.79 Å². The first-order valence-corrected chi connectivity index (χ1v) is 13.4. The molecule has 0 aliphatic carbocycles. The van der Waals surface area contributed by atoms with Gasteiger partial charge in [0.05, 0.1) is 0 Å². The van der Waals surface area contributed by atoms with Gasteiger partial charge < -0.3 is 13.3 Å². The highest BCUT2D eigenvalue weighted by Gasteiger charge is 2.39. The highest BCUT2D eigenvalue weighted by atomic mass is 32.2. The Morgan fingerprint density at radius 1 is 0.833 bits per heavy atom. The van der Waals surface area contributed by atoms with Crippen LogP contribution in [0.1, 0.15) is 59.8 Å². The van der Waals surface area contributed by atoms with Crippen molar-refractivity contribution in [3.8, 4) is 0 Å². The van der Waals surface area contributed by atoms with Crippen LogP contribution >= 0.6 is 23.5 Å². The molecule has 0 amide bonds. The second-order valence-electron chi connectivity index (χ2n) is 5.38. The van der Waals surface area contributed by atoms with Crippen LogP contribution in [-0.2, 0) is 18.1 Å². The molecule has 0 aliphatic heterocycles. The minimum atomic E-state index is -2.47. The Labute approximate surface area is 158 Å². The summed E-state index contributed by atoms with van der Waals surface area (Å²) < 4.78 is 17.6. The standard InChI is InChI=1S/C17H36O4S2Si/c1-5-9-10-12-17(18)23-15-14-22-13-11-16-24(19-6-2,20-7-3)21-8-4/h5-16H2,1-4H3. The Morgan fingerprint density at radius 2 is 1.46 bits per heavy atom. The van der Waals surface area contributed by atoms with Crippen molar-refractivity contribution in [1.82, 2.24) is 0 Å². The second kappa shape index (κ2) is 16.9. The molecule has 7 heteroatoms. The summed E-state index contributed by atoms with van der Waals surface area (Å²) in [5.41, 5.74) is 0. The Balaban J connectivity index is 3.79. The molecule has 0 heterocycles. The minimum Gasteiger partial charge on any atom is -0.374 e. The third-order valence-corrected chi connectivity index (χ3v) is 8.75. The molecule has 0 aromatic carbocycles. The van der Waals surface area contributed by atoms with Gasteiger partial charge in [-0.25, -0.2) is 0 Å². The molecule has 0 radical (unpaired) electrons. The molecular formula is C17H36O4S2Si. The van der Waals surface area contributed by atoms with E-state index in [4.69, 9.17) is 13.3 Å². The van der Waals surface area contributed by atoms with Crippen molar-refractivity contribution in [2.75, 3.05) is 37.1 Å². The van der Waals surface area contributed by atoms with Crippen LogP contribution in [0, 0.1) is 0 Å². The van der Waals surface area contributed by atoms with Crippen molar-refractivity contribution in [2.45, 2.75) is 65.8 Å². The van der Waals surface area contributed by atoms with Crippen molar-refractivity contribution >= 4 is 37.4 Å². The van der Waals surface area contributed by atoms with E-state index >= 15 is 0 Å². The third kappa shape index (κ3) is 12.8. The van der Waals surface area contributed by atoms with Crippen LogP contribution in [0.2, 0.25) is 6.04 Å². The molecule has 0 aromatic heterocycles. The lowest BCUT2D eigenvalue weighted by molar-refractivity contribution is -0.111. The van der Waals surface area contributed by atoms with Crippen LogP contribution in [0.25, 0.3) is 0 Å². The fraction of sp³-hybridized carbons (Fsp3) is 0.941. The van der Waals surface area contributed by atoms with Gasteiger partial charge in [0.2, 0.25) is 0 Å². The van der Waals surface area contributed by atoms with Crippen LogP contribution in [0.4, 0.5) is 0 Å². The fourth-order valence-electron chi connectivity index (χ4n) is 2.30. The molecule has 0 aliphatic rings. The van der Waals surface area contributed by atoms with Gasteiger partial charge in [0.25, 0.3) is 0 Å². The van der Waals surface area contributed by atoms with Crippen LogP contribution in [0.3, 0.4) is 0 Å². The fourth-order valence-corrected chi connectivity index (χ4v) is 7.04. The molecule has 0 fully saturated rings. The average Bonchev–Trinajstić information content (AvgIpc) is 2.55. The summed E-state index contributed by atoms with van der Waals surface area (Å²) in [6.45, 7) is 10.0. The second-order valence-corrected chi connectivity index (χ2v) is 10.5. The lowest BCUT2D eigenvalue weighted by Crippen LogP contribution is -2.46. The van der Waals surface area contributed by atoms with Gasteiger partial charge in [-0.1, -0.05) is 31.5 Å². The van der Waals surface area contributed by atoms with Gasteiger partial charge in [-0.15, -0.1) is 0 Å². The third-order valence-electron chi connectivity index (χ3n) is 3.34. The quantitative estimate of drug-likeness (QED) is 0.255.